The zero-order valence-electron chi connectivity index (χ0n) is 17.9. The van der Waals surface area contributed by atoms with Crippen molar-refractivity contribution in [1.82, 2.24) is 4.31 Å². The molecule has 166 valence electrons. The van der Waals surface area contributed by atoms with E-state index >= 15 is 0 Å². The summed E-state index contributed by atoms with van der Waals surface area (Å²) in [5, 5.41) is 0. The number of ether oxygens (including phenoxy) is 2. The number of carbonyl (C=O) groups excluding carboxylic acids is 1. The van der Waals surface area contributed by atoms with Gasteiger partial charge in [0, 0.05) is 25.2 Å². The zero-order chi connectivity index (χ0) is 22.0. The number of rotatable bonds is 6. The highest BCUT2D eigenvalue weighted by Gasteiger charge is 2.33. The van der Waals surface area contributed by atoms with E-state index in [1.54, 1.807) is 29.2 Å². The van der Waals surface area contributed by atoms with Crippen LogP contribution >= 0.6 is 0 Å². The number of cyclic esters (lactones) is 1. The van der Waals surface area contributed by atoms with Crippen LogP contribution in [0.25, 0.3) is 0 Å². The molecule has 7 nitrogen and oxygen atoms in total. The van der Waals surface area contributed by atoms with Gasteiger partial charge >= 0.3 is 6.09 Å². The van der Waals surface area contributed by atoms with E-state index < -0.39 is 10.0 Å². The normalized spacial score (nSPS) is 18.0. The lowest BCUT2D eigenvalue weighted by Crippen LogP contribution is -2.44. The maximum atomic E-state index is 13.0. The lowest BCUT2D eigenvalue weighted by molar-refractivity contribution is 0.139. The van der Waals surface area contributed by atoms with Crippen molar-refractivity contribution in [1.29, 1.82) is 0 Å². The smallest absolute Gasteiger partial charge is 0.414 e. The van der Waals surface area contributed by atoms with Gasteiger partial charge in [-0.2, -0.15) is 4.31 Å². The Labute approximate surface area is 183 Å². The molecule has 31 heavy (non-hydrogen) atoms. The predicted octanol–water partition coefficient (Wildman–Crippen LogP) is 4.03. The molecule has 0 N–H and O–H groups in total. The summed E-state index contributed by atoms with van der Waals surface area (Å²) in [7, 11) is -3.55. The first kappa shape index (κ1) is 21.6. The Morgan fingerprint density at radius 1 is 1.06 bits per heavy atom. The van der Waals surface area contributed by atoms with E-state index in [1.807, 2.05) is 38.1 Å². The molecule has 2 aliphatic rings. The van der Waals surface area contributed by atoms with Crippen molar-refractivity contribution < 1.29 is 22.7 Å². The van der Waals surface area contributed by atoms with Crippen LogP contribution in [0.5, 0.6) is 5.75 Å². The number of piperidine rings is 1. The number of fused-ring (bicyclic) bond motifs is 1. The van der Waals surface area contributed by atoms with Gasteiger partial charge in [0.15, 0.2) is 0 Å². The Bertz CT molecular complexity index is 1030. The number of para-hydroxylation sites is 1. The molecule has 0 saturated carbocycles. The average molecular weight is 445 g/mol. The van der Waals surface area contributed by atoms with Crippen molar-refractivity contribution in [2.75, 3.05) is 24.5 Å². The third-order valence-corrected chi connectivity index (χ3v) is 7.61. The minimum atomic E-state index is -3.55. The molecule has 4 rings (SSSR count). The highest BCUT2D eigenvalue weighted by atomic mass is 32.2. The Balaban J connectivity index is 1.39. The Hall–Kier alpha value is -2.58. The van der Waals surface area contributed by atoms with Crippen molar-refractivity contribution in [2.45, 2.75) is 44.3 Å². The van der Waals surface area contributed by atoms with Crippen molar-refractivity contribution in [3.05, 3.63) is 54.1 Å². The van der Waals surface area contributed by atoms with Crippen molar-refractivity contribution in [2.24, 2.45) is 5.92 Å². The van der Waals surface area contributed by atoms with Gasteiger partial charge in [-0.15, -0.1) is 0 Å². The van der Waals surface area contributed by atoms with Gasteiger partial charge in [-0.1, -0.05) is 18.2 Å². The summed E-state index contributed by atoms with van der Waals surface area (Å²) in [5.41, 5.74) is 1.88. The second-order valence-electron chi connectivity index (χ2n) is 8.28. The second kappa shape index (κ2) is 8.88. The molecule has 0 spiro atoms. The molecule has 2 aromatic rings. The van der Waals surface area contributed by atoms with Crippen molar-refractivity contribution >= 4 is 21.8 Å². The van der Waals surface area contributed by atoms with Crippen LogP contribution < -0.4 is 9.64 Å². The van der Waals surface area contributed by atoms with Gasteiger partial charge in [0.2, 0.25) is 10.0 Å². The quantitative estimate of drug-likeness (QED) is 0.672. The number of nitrogens with zero attached hydrogens (tertiary/aromatic N) is 2. The number of hydrogen-bond acceptors (Lipinski definition) is 5. The number of anilines is 1. The largest absolute Gasteiger partial charge is 0.491 e. The van der Waals surface area contributed by atoms with Crippen molar-refractivity contribution in [3.63, 3.8) is 0 Å². The topological polar surface area (TPSA) is 76.2 Å². The summed E-state index contributed by atoms with van der Waals surface area (Å²) < 4.78 is 38.5. The number of benzene rings is 2. The monoisotopic (exact) mass is 444 g/mol. The number of amides is 1. The standard InChI is InChI=1S/C23H28N2O5S/c1-17(2)30-20-7-9-21(10-8-20)31(27,28)24-13-11-18(12-14-24)15-25-22-6-4-3-5-19(22)16-29-23(25)26/h3-10,17-18H,11-16H2,1-2H3. The lowest BCUT2D eigenvalue weighted by Gasteiger charge is -2.36. The summed E-state index contributed by atoms with van der Waals surface area (Å²) >= 11 is 0. The minimum Gasteiger partial charge on any atom is -0.491 e. The highest BCUT2D eigenvalue weighted by molar-refractivity contribution is 7.89. The predicted molar refractivity (Wildman–Crippen MR) is 118 cm³/mol. The molecule has 1 fully saturated rings. The molecule has 1 saturated heterocycles. The van der Waals surface area contributed by atoms with E-state index in [1.165, 1.54) is 4.31 Å². The van der Waals surface area contributed by atoms with Gasteiger partial charge < -0.3 is 9.47 Å². The molecule has 0 aromatic heterocycles. The Kier molecular flexibility index (Phi) is 6.20. The molecular weight excluding hydrogens is 416 g/mol. The van der Waals surface area contributed by atoms with Gasteiger partial charge in [-0.25, -0.2) is 13.2 Å². The Morgan fingerprint density at radius 3 is 2.42 bits per heavy atom. The van der Waals surface area contributed by atoms with E-state index in [4.69, 9.17) is 9.47 Å². The molecular formula is C23H28N2O5S. The molecule has 8 heteroatoms. The first-order valence-corrected chi connectivity index (χ1v) is 12.1. The van der Waals surface area contributed by atoms with E-state index in [2.05, 4.69) is 0 Å². The first-order chi connectivity index (χ1) is 14.8. The summed E-state index contributed by atoms with van der Waals surface area (Å²) in [4.78, 5) is 14.3. The lowest BCUT2D eigenvalue weighted by atomic mass is 9.97. The van der Waals surface area contributed by atoms with Crippen LogP contribution in [0.15, 0.2) is 53.4 Å². The zero-order valence-corrected chi connectivity index (χ0v) is 18.7. The van der Waals surface area contributed by atoms with Gasteiger partial charge in [0.1, 0.15) is 12.4 Å². The summed E-state index contributed by atoms with van der Waals surface area (Å²) in [5.74, 6) is 0.869. The molecule has 1 amide bonds. The van der Waals surface area contributed by atoms with E-state index in [0.717, 1.165) is 11.3 Å². The summed E-state index contributed by atoms with van der Waals surface area (Å²) in [6.45, 7) is 5.55. The second-order valence-corrected chi connectivity index (χ2v) is 10.2. The van der Waals surface area contributed by atoms with E-state index in [0.29, 0.717) is 44.8 Å². The third kappa shape index (κ3) is 4.70. The fourth-order valence-electron chi connectivity index (χ4n) is 4.09. The first-order valence-electron chi connectivity index (χ1n) is 10.6. The number of hydrogen-bond donors (Lipinski definition) is 0. The van der Waals surface area contributed by atoms with Gasteiger partial charge in [-0.05, 0) is 62.9 Å². The van der Waals surface area contributed by atoms with Crippen LogP contribution in [-0.4, -0.2) is 44.6 Å². The Morgan fingerprint density at radius 2 is 1.74 bits per heavy atom. The van der Waals surface area contributed by atoms with Crippen LogP contribution in [0, 0.1) is 5.92 Å². The molecule has 2 aromatic carbocycles. The highest BCUT2D eigenvalue weighted by Crippen LogP contribution is 2.31. The fourth-order valence-corrected chi connectivity index (χ4v) is 5.56. The minimum absolute atomic E-state index is 0.0330. The van der Waals surface area contributed by atoms with E-state index in [9.17, 15) is 13.2 Å². The summed E-state index contributed by atoms with van der Waals surface area (Å²) in [6, 6.07) is 14.3. The van der Waals surface area contributed by atoms with E-state index in [-0.39, 0.29) is 23.0 Å². The van der Waals surface area contributed by atoms with Gasteiger partial charge in [0.05, 0.1) is 16.7 Å². The number of carbonyl (C=O) groups is 1. The van der Waals surface area contributed by atoms with Gasteiger partial charge in [0.25, 0.3) is 0 Å². The average Bonchev–Trinajstić information content (AvgIpc) is 2.76. The van der Waals surface area contributed by atoms with Crippen molar-refractivity contribution in [3.8, 4) is 5.75 Å². The summed E-state index contributed by atoms with van der Waals surface area (Å²) in [6.07, 6.45) is 1.09. The van der Waals surface area contributed by atoms with Crippen LogP contribution in [0.3, 0.4) is 0 Å². The molecule has 2 heterocycles. The molecule has 0 atom stereocenters. The molecule has 0 bridgehead atoms. The number of sulfonamides is 1. The SMILES string of the molecule is CC(C)Oc1ccc(S(=O)(=O)N2CCC(CN3C(=O)OCc4ccccc43)CC2)cc1. The molecule has 2 aliphatic heterocycles. The maximum absolute atomic E-state index is 13.0. The maximum Gasteiger partial charge on any atom is 0.414 e. The van der Waals surface area contributed by atoms with Crippen LogP contribution in [-0.2, 0) is 21.4 Å². The van der Waals surface area contributed by atoms with Crippen LogP contribution in [0.4, 0.5) is 10.5 Å². The molecule has 0 radical (unpaired) electrons. The van der Waals surface area contributed by atoms with Crippen LogP contribution in [0.2, 0.25) is 0 Å². The van der Waals surface area contributed by atoms with Crippen LogP contribution in [0.1, 0.15) is 32.3 Å². The molecule has 0 aliphatic carbocycles. The molecule has 0 unspecified atom stereocenters. The fraction of sp³-hybridized carbons (Fsp3) is 0.435. The van der Waals surface area contributed by atoms with Gasteiger partial charge in [-0.3, -0.25) is 4.90 Å². The third-order valence-electron chi connectivity index (χ3n) is 5.70.